The van der Waals surface area contributed by atoms with Crippen LogP contribution < -0.4 is 5.32 Å². The fourth-order valence-corrected chi connectivity index (χ4v) is 1.46. The highest BCUT2D eigenvalue weighted by Gasteiger charge is 2.21. The highest BCUT2D eigenvalue weighted by atomic mass is 16.5. The molecule has 0 bridgehead atoms. The summed E-state index contributed by atoms with van der Waals surface area (Å²) in [5.41, 5.74) is 0.801. The molecule has 96 valence electrons. The van der Waals surface area contributed by atoms with E-state index < -0.39 is 6.04 Å². The predicted molar refractivity (Wildman–Crippen MR) is 62.5 cm³/mol. The maximum Gasteiger partial charge on any atom is 0.327 e. The number of ether oxygens (including phenoxy) is 2. The Balaban J connectivity index is 2.71. The van der Waals surface area contributed by atoms with Gasteiger partial charge in [0.2, 0.25) is 0 Å². The van der Waals surface area contributed by atoms with Crippen molar-refractivity contribution in [2.45, 2.75) is 19.5 Å². The molecule has 1 N–H and O–H groups in total. The molecule has 0 saturated heterocycles. The Labute approximate surface area is 101 Å². The van der Waals surface area contributed by atoms with Crippen LogP contribution in [0.2, 0.25) is 0 Å². The fraction of sp³-hybridized carbons (Fsp3) is 0.636. The first kappa shape index (κ1) is 13.7. The van der Waals surface area contributed by atoms with Gasteiger partial charge in [0, 0.05) is 32.0 Å². The molecule has 1 rings (SSSR count). The Bertz CT molecular complexity index is 351. The van der Waals surface area contributed by atoms with Crippen LogP contribution in [0.3, 0.4) is 0 Å². The molecule has 6 heteroatoms. The van der Waals surface area contributed by atoms with Gasteiger partial charge in [0.1, 0.15) is 6.04 Å². The minimum atomic E-state index is -0.490. The van der Waals surface area contributed by atoms with Gasteiger partial charge >= 0.3 is 5.97 Å². The lowest BCUT2D eigenvalue weighted by Gasteiger charge is -2.14. The Kier molecular flexibility index (Phi) is 5.65. The number of rotatable bonds is 7. The van der Waals surface area contributed by atoms with E-state index >= 15 is 0 Å². The molecular formula is C11H19N3O3. The molecule has 1 aromatic heterocycles. The lowest BCUT2D eigenvalue weighted by molar-refractivity contribution is -0.143. The van der Waals surface area contributed by atoms with Crippen LogP contribution in [0, 0.1) is 0 Å². The second-order valence-corrected chi connectivity index (χ2v) is 3.53. The molecule has 0 fully saturated rings. The van der Waals surface area contributed by atoms with E-state index in [4.69, 9.17) is 9.47 Å². The Morgan fingerprint density at radius 3 is 2.88 bits per heavy atom. The van der Waals surface area contributed by atoms with Gasteiger partial charge in [-0.3, -0.25) is 10.00 Å². The molecule has 6 nitrogen and oxygen atoms in total. The van der Waals surface area contributed by atoms with Crippen molar-refractivity contribution in [2.24, 2.45) is 0 Å². The molecule has 0 radical (unpaired) electrons. The average Bonchev–Trinajstić information content (AvgIpc) is 2.82. The van der Waals surface area contributed by atoms with Crippen LogP contribution >= 0.6 is 0 Å². The zero-order chi connectivity index (χ0) is 12.7. The van der Waals surface area contributed by atoms with Gasteiger partial charge in [-0.1, -0.05) is 0 Å². The molecule has 0 aromatic carbocycles. The number of hydrogen-bond donors (Lipinski definition) is 1. The molecular weight excluding hydrogens is 222 g/mol. The molecule has 0 aliphatic rings. The molecule has 17 heavy (non-hydrogen) atoms. The van der Waals surface area contributed by atoms with E-state index in [0.717, 1.165) is 12.1 Å². The number of hydrogen-bond acceptors (Lipinski definition) is 5. The van der Waals surface area contributed by atoms with E-state index in [9.17, 15) is 4.79 Å². The van der Waals surface area contributed by atoms with E-state index in [1.807, 2.05) is 13.1 Å². The minimum absolute atomic E-state index is 0.322. The number of aryl methyl sites for hydroxylation is 1. The first-order valence-corrected chi connectivity index (χ1v) is 5.55. The first-order chi connectivity index (χ1) is 8.22. The highest BCUT2D eigenvalue weighted by Crippen LogP contribution is 2.13. The van der Waals surface area contributed by atoms with Gasteiger partial charge in [0.05, 0.1) is 19.9 Å². The Hall–Kier alpha value is -1.40. The number of carbonyl (C=O) groups excluding carboxylic acids is 1. The van der Waals surface area contributed by atoms with Crippen LogP contribution in [0.5, 0.6) is 0 Å². The van der Waals surface area contributed by atoms with Gasteiger partial charge in [0.15, 0.2) is 0 Å². The van der Waals surface area contributed by atoms with Gasteiger partial charge in [0.25, 0.3) is 0 Å². The van der Waals surface area contributed by atoms with Crippen LogP contribution in [-0.4, -0.2) is 43.1 Å². The maximum absolute atomic E-state index is 11.6. The summed E-state index contributed by atoms with van der Waals surface area (Å²) in [5.74, 6) is -0.322. The summed E-state index contributed by atoms with van der Waals surface area (Å²) in [7, 11) is 2.99. The van der Waals surface area contributed by atoms with E-state index in [-0.39, 0.29) is 5.97 Å². The molecule has 1 atom stereocenters. The monoisotopic (exact) mass is 241 g/mol. The molecule has 0 aliphatic heterocycles. The summed E-state index contributed by atoms with van der Waals surface area (Å²) >= 11 is 0. The third-order valence-electron chi connectivity index (χ3n) is 2.40. The molecule has 0 amide bonds. The number of carbonyl (C=O) groups is 1. The molecule has 1 heterocycles. The number of methoxy groups -OCH3 is 2. The van der Waals surface area contributed by atoms with E-state index in [1.54, 1.807) is 18.0 Å². The highest BCUT2D eigenvalue weighted by molar-refractivity contribution is 5.77. The van der Waals surface area contributed by atoms with Crippen LogP contribution in [0.25, 0.3) is 0 Å². The smallest absolute Gasteiger partial charge is 0.327 e. The number of aromatic nitrogens is 2. The third-order valence-corrected chi connectivity index (χ3v) is 2.40. The summed E-state index contributed by atoms with van der Waals surface area (Å²) in [4.78, 5) is 11.6. The lowest BCUT2D eigenvalue weighted by Crippen LogP contribution is -2.31. The largest absolute Gasteiger partial charge is 0.468 e. The van der Waals surface area contributed by atoms with Crippen molar-refractivity contribution in [1.29, 1.82) is 0 Å². The van der Waals surface area contributed by atoms with Crippen molar-refractivity contribution in [3.05, 3.63) is 18.0 Å². The lowest BCUT2D eigenvalue weighted by atomic mass is 10.1. The molecule has 0 saturated carbocycles. The van der Waals surface area contributed by atoms with E-state index in [1.165, 1.54) is 7.11 Å². The van der Waals surface area contributed by atoms with Gasteiger partial charge in [-0.15, -0.1) is 0 Å². The van der Waals surface area contributed by atoms with Crippen LogP contribution in [0.1, 0.15) is 18.5 Å². The van der Waals surface area contributed by atoms with Crippen molar-refractivity contribution in [1.82, 2.24) is 15.1 Å². The van der Waals surface area contributed by atoms with E-state index in [2.05, 4.69) is 10.4 Å². The number of esters is 1. The van der Waals surface area contributed by atoms with Gasteiger partial charge < -0.3 is 9.47 Å². The first-order valence-electron chi connectivity index (χ1n) is 5.55. The molecule has 1 aromatic rings. The normalized spacial score (nSPS) is 12.4. The summed E-state index contributed by atoms with van der Waals surface area (Å²) in [6.45, 7) is 3.87. The Morgan fingerprint density at radius 1 is 1.59 bits per heavy atom. The summed E-state index contributed by atoms with van der Waals surface area (Å²) in [6, 6.07) is -0.490. The van der Waals surface area contributed by atoms with Crippen molar-refractivity contribution in [3.63, 3.8) is 0 Å². The zero-order valence-corrected chi connectivity index (χ0v) is 10.5. The summed E-state index contributed by atoms with van der Waals surface area (Å²) in [6.07, 6.45) is 3.51. The number of nitrogens with one attached hydrogen (secondary N) is 1. The van der Waals surface area contributed by atoms with Gasteiger partial charge in [-0.05, 0) is 6.92 Å². The zero-order valence-electron chi connectivity index (χ0n) is 10.5. The maximum atomic E-state index is 11.6. The molecule has 0 aliphatic carbocycles. The number of nitrogens with zero attached hydrogens (tertiary/aromatic N) is 2. The fourth-order valence-electron chi connectivity index (χ4n) is 1.46. The Morgan fingerprint density at radius 2 is 2.35 bits per heavy atom. The summed E-state index contributed by atoms with van der Waals surface area (Å²) in [5, 5.41) is 7.21. The van der Waals surface area contributed by atoms with Gasteiger partial charge in [-0.2, -0.15) is 5.10 Å². The quantitative estimate of drug-likeness (QED) is 0.551. The van der Waals surface area contributed by atoms with Crippen molar-refractivity contribution in [3.8, 4) is 0 Å². The molecule has 1 unspecified atom stereocenters. The van der Waals surface area contributed by atoms with Gasteiger partial charge in [-0.25, -0.2) is 4.79 Å². The average molecular weight is 241 g/mol. The van der Waals surface area contributed by atoms with Crippen molar-refractivity contribution >= 4 is 5.97 Å². The van der Waals surface area contributed by atoms with Crippen LogP contribution in [0.15, 0.2) is 12.4 Å². The predicted octanol–water partition coefficient (Wildman–Crippen LogP) is 0.353. The van der Waals surface area contributed by atoms with E-state index in [0.29, 0.717) is 13.2 Å². The topological polar surface area (TPSA) is 65.4 Å². The van der Waals surface area contributed by atoms with Crippen molar-refractivity contribution in [2.75, 3.05) is 27.4 Å². The summed E-state index contributed by atoms with van der Waals surface area (Å²) < 4.78 is 11.5. The van der Waals surface area contributed by atoms with Crippen molar-refractivity contribution < 1.29 is 14.3 Å². The van der Waals surface area contributed by atoms with Crippen LogP contribution in [0.4, 0.5) is 0 Å². The second kappa shape index (κ2) is 7.03. The minimum Gasteiger partial charge on any atom is -0.468 e. The molecule has 0 spiro atoms. The standard InChI is InChI=1S/C11H19N3O3/c1-4-14-8-9(7-13-14)10(11(15)17-3)12-5-6-16-2/h7-8,10,12H,4-6H2,1-3H3. The van der Waals surface area contributed by atoms with Crippen LogP contribution in [-0.2, 0) is 20.8 Å². The third kappa shape index (κ3) is 3.83. The second-order valence-electron chi connectivity index (χ2n) is 3.53. The SMILES string of the molecule is CCn1cc(C(NCCOC)C(=O)OC)cn1.